The Bertz CT molecular complexity index is 891. The topological polar surface area (TPSA) is 67.1 Å². The number of hydrogen-bond acceptors (Lipinski definition) is 3. The number of aromatic nitrogens is 3. The molecule has 6 nitrogen and oxygen atoms in total. The number of nitrogens with zero attached hydrogens (tertiary/aromatic N) is 4. The first-order valence-electron chi connectivity index (χ1n) is 9.59. The van der Waals surface area contributed by atoms with Crippen LogP contribution in [0.5, 0.6) is 0 Å². The van der Waals surface area contributed by atoms with E-state index in [1.54, 1.807) is 18.7 Å². The van der Waals surface area contributed by atoms with Crippen LogP contribution in [-0.2, 0) is 12.0 Å². The van der Waals surface area contributed by atoms with Gasteiger partial charge in [-0.1, -0.05) is 44.2 Å². The van der Waals surface area contributed by atoms with Crippen LogP contribution in [0.3, 0.4) is 0 Å². The highest BCUT2D eigenvalue weighted by Crippen LogP contribution is 2.21. The predicted molar refractivity (Wildman–Crippen MR) is 129 cm³/mol. The highest BCUT2D eigenvalue weighted by Gasteiger charge is 2.20. The van der Waals surface area contributed by atoms with Crippen molar-refractivity contribution in [2.75, 3.05) is 13.1 Å². The first kappa shape index (κ1) is 22.9. The SMILES string of the molecule is CCNC(=NCc1ccnc(-n2ccnc2)c1)NCC(C)(C)c1ccccc1.I. The molecule has 2 aromatic heterocycles. The molecule has 0 unspecified atom stereocenters. The zero-order valence-corrected chi connectivity index (χ0v) is 19.5. The van der Waals surface area contributed by atoms with Crippen LogP contribution < -0.4 is 10.6 Å². The molecule has 154 valence electrons. The van der Waals surface area contributed by atoms with E-state index in [4.69, 9.17) is 4.99 Å². The molecular formula is C22H29IN6. The van der Waals surface area contributed by atoms with Crippen LogP contribution in [0.25, 0.3) is 5.82 Å². The van der Waals surface area contributed by atoms with Gasteiger partial charge in [0, 0.05) is 37.1 Å². The molecule has 0 amide bonds. The van der Waals surface area contributed by atoms with Crippen LogP contribution in [0.4, 0.5) is 0 Å². The molecule has 0 aliphatic rings. The number of nitrogens with one attached hydrogen (secondary N) is 2. The largest absolute Gasteiger partial charge is 0.357 e. The van der Waals surface area contributed by atoms with Gasteiger partial charge in [0.2, 0.25) is 0 Å². The zero-order valence-electron chi connectivity index (χ0n) is 17.2. The number of guanidine groups is 1. The van der Waals surface area contributed by atoms with Crippen LogP contribution in [0.1, 0.15) is 31.9 Å². The second-order valence-electron chi connectivity index (χ2n) is 7.29. The Kier molecular flexibility index (Phi) is 8.63. The standard InChI is InChI=1S/C22H28N6.HI/c1-4-24-21(27-16-22(2,3)19-8-6-5-7-9-19)26-15-18-10-11-25-20(14-18)28-13-12-23-17-28;/h5-14,17H,4,15-16H2,1-3H3,(H2,24,26,27);1H. The third-order valence-corrected chi connectivity index (χ3v) is 4.60. The molecule has 29 heavy (non-hydrogen) atoms. The van der Waals surface area contributed by atoms with Gasteiger partial charge in [-0.25, -0.2) is 15.0 Å². The lowest BCUT2D eigenvalue weighted by molar-refractivity contribution is 0.508. The second-order valence-corrected chi connectivity index (χ2v) is 7.29. The lowest BCUT2D eigenvalue weighted by atomic mass is 9.85. The second kappa shape index (κ2) is 10.9. The smallest absolute Gasteiger partial charge is 0.191 e. The zero-order chi connectivity index (χ0) is 19.8. The Morgan fingerprint density at radius 2 is 1.90 bits per heavy atom. The first-order valence-corrected chi connectivity index (χ1v) is 9.59. The summed E-state index contributed by atoms with van der Waals surface area (Å²) in [6.07, 6.45) is 7.17. The molecule has 0 bridgehead atoms. The molecule has 0 spiro atoms. The molecule has 0 fully saturated rings. The molecule has 0 aliphatic heterocycles. The van der Waals surface area contributed by atoms with Crippen molar-refractivity contribution < 1.29 is 0 Å². The Hall–Kier alpha value is -2.42. The number of pyridine rings is 1. The van der Waals surface area contributed by atoms with Gasteiger partial charge in [-0.05, 0) is 30.2 Å². The molecule has 1 aromatic carbocycles. The fourth-order valence-corrected chi connectivity index (χ4v) is 2.90. The van der Waals surface area contributed by atoms with Gasteiger partial charge in [0.25, 0.3) is 0 Å². The minimum atomic E-state index is 0. The van der Waals surface area contributed by atoms with E-state index < -0.39 is 0 Å². The molecule has 2 N–H and O–H groups in total. The molecule has 3 aromatic rings. The van der Waals surface area contributed by atoms with Crippen molar-refractivity contribution >= 4 is 29.9 Å². The van der Waals surface area contributed by atoms with Gasteiger partial charge in [-0.2, -0.15) is 0 Å². The van der Waals surface area contributed by atoms with Crippen LogP contribution in [-0.4, -0.2) is 33.6 Å². The number of rotatable bonds is 7. The van der Waals surface area contributed by atoms with E-state index in [0.717, 1.165) is 30.4 Å². The summed E-state index contributed by atoms with van der Waals surface area (Å²) in [7, 11) is 0. The summed E-state index contributed by atoms with van der Waals surface area (Å²) in [5, 5.41) is 6.81. The molecule has 0 saturated carbocycles. The van der Waals surface area contributed by atoms with E-state index in [1.807, 2.05) is 29.0 Å². The minimum Gasteiger partial charge on any atom is -0.357 e. The van der Waals surface area contributed by atoms with Crippen molar-refractivity contribution in [2.24, 2.45) is 4.99 Å². The molecule has 7 heteroatoms. The number of benzene rings is 1. The summed E-state index contributed by atoms with van der Waals surface area (Å²) >= 11 is 0. The Balaban J connectivity index is 0.00000300. The molecule has 2 heterocycles. The quantitative estimate of drug-likeness (QED) is 0.291. The summed E-state index contributed by atoms with van der Waals surface area (Å²) in [6, 6.07) is 14.6. The number of halogens is 1. The monoisotopic (exact) mass is 504 g/mol. The van der Waals surface area contributed by atoms with Gasteiger partial charge in [0.1, 0.15) is 12.1 Å². The average Bonchev–Trinajstić information content (AvgIpc) is 3.26. The van der Waals surface area contributed by atoms with Crippen molar-refractivity contribution in [3.63, 3.8) is 0 Å². The van der Waals surface area contributed by atoms with Gasteiger partial charge in [0.05, 0.1) is 6.54 Å². The van der Waals surface area contributed by atoms with E-state index in [-0.39, 0.29) is 29.4 Å². The van der Waals surface area contributed by atoms with E-state index >= 15 is 0 Å². The summed E-state index contributed by atoms with van der Waals surface area (Å²) in [5.74, 6) is 1.65. The van der Waals surface area contributed by atoms with E-state index in [9.17, 15) is 0 Å². The normalized spacial score (nSPS) is 11.6. The third kappa shape index (κ3) is 6.56. The van der Waals surface area contributed by atoms with Gasteiger partial charge in [-0.3, -0.25) is 4.57 Å². The third-order valence-electron chi connectivity index (χ3n) is 4.60. The van der Waals surface area contributed by atoms with Crippen molar-refractivity contribution in [1.29, 1.82) is 0 Å². The van der Waals surface area contributed by atoms with Crippen molar-refractivity contribution in [3.05, 3.63) is 78.5 Å². The fourth-order valence-electron chi connectivity index (χ4n) is 2.90. The van der Waals surface area contributed by atoms with Crippen LogP contribution in [0.2, 0.25) is 0 Å². The van der Waals surface area contributed by atoms with E-state index in [1.165, 1.54) is 5.56 Å². The Morgan fingerprint density at radius 3 is 2.59 bits per heavy atom. The van der Waals surface area contributed by atoms with Crippen LogP contribution in [0, 0.1) is 0 Å². The highest BCUT2D eigenvalue weighted by atomic mass is 127. The number of aliphatic imine (C=N–C) groups is 1. The van der Waals surface area contributed by atoms with Crippen LogP contribution >= 0.6 is 24.0 Å². The van der Waals surface area contributed by atoms with Gasteiger partial charge in [0.15, 0.2) is 5.96 Å². The highest BCUT2D eigenvalue weighted by molar-refractivity contribution is 14.0. The van der Waals surface area contributed by atoms with Gasteiger partial charge >= 0.3 is 0 Å². The maximum absolute atomic E-state index is 4.74. The lowest BCUT2D eigenvalue weighted by Crippen LogP contribution is -2.43. The fraction of sp³-hybridized carbons (Fsp3) is 0.318. The Labute approximate surface area is 189 Å². The predicted octanol–water partition coefficient (Wildman–Crippen LogP) is 3.92. The molecule has 3 rings (SSSR count). The molecule has 0 radical (unpaired) electrons. The Morgan fingerprint density at radius 1 is 1.10 bits per heavy atom. The number of hydrogen-bond donors (Lipinski definition) is 2. The van der Waals surface area contributed by atoms with E-state index in [0.29, 0.717) is 6.54 Å². The summed E-state index contributed by atoms with van der Waals surface area (Å²) in [5.41, 5.74) is 2.40. The average molecular weight is 504 g/mol. The van der Waals surface area contributed by atoms with Crippen molar-refractivity contribution in [1.82, 2.24) is 25.2 Å². The molecule has 0 atom stereocenters. The minimum absolute atomic E-state index is 0. The summed E-state index contributed by atoms with van der Waals surface area (Å²) < 4.78 is 1.89. The maximum atomic E-state index is 4.74. The van der Waals surface area contributed by atoms with Gasteiger partial charge in [-0.15, -0.1) is 24.0 Å². The lowest BCUT2D eigenvalue weighted by Gasteiger charge is -2.26. The summed E-state index contributed by atoms with van der Waals surface area (Å²) in [6.45, 7) is 8.72. The van der Waals surface area contributed by atoms with Crippen LogP contribution in [0.15, 0.2) is 72.4 Å². The first-order chi connectivity index (χ1) is 13.6. The van der Waals surface area contributed by atoms with E-state index in [2.05, 4.69) is 65.6 Å². The molecule has 0 aliphatic carbocycles. The van der Waals surface area contributed by atoms with Crippen molar-refractivity contribution in [2.45, 2.75) is 32.7 Å². The summed E-state index contributed by atoms with van der Waals surface area (Å²) in [4.78, 5) is 13.2. The molecular weight excluding hydrogens is 475 g/mol. The maximum Gasteiger partial charge on any atom is 0.191 e. The van der Waals surface area contributed by atoms with Crippen molar-refractivity contribution in [3.8, 4) is 5.82 Å². The van der Waals surface area contributed by atoms with Gasteiger partial charge < -0.3 is 10.6 Å². The number of imidazole rings is 1. The molecule has 0 saturated heterocycles.